The molecule has 0 saturated carbocycles. The van der Waals surface area contributed by atoms with E-state index in [0.717, 1.165) is 25.9 Å². The lowest BCUT2D eigenvalue weighted by Gasteiger charge is -2.22. The molecule has 0 bridgehead atoms. The second-order valence-corrected chi connectivity index (χ2v) is 5.21. The fourth-order valence-corrected chi connectivity index (χ4v) is 2.37. The molecule has 0 aromatic carbocycles. The van der Waals surface area contributed by atoms with Crippen LogP contribution in [0.1, 0.15) is 42.3 Å². The van der Waals surface area contributed by atoms with Gasteiger partial charge in [0.25, 0.3) is 0 Å². The quantitative estimate of drug-likeness (QED) is 0.858. The van der Waals surface area contributed by atoms with Crippen LogP contribution in [0.15, 0.2) is 16.7 Å². The fourth-order valence-electron chi connectivity index (χ4n) is 2.37. The fraction of sp³-hybridized carbons (Fsp3) is 0.615. The molecule has 100 valence electrons. The number of nitrogens with zero attached hydrogens (tertiary/aromatic N) is 1. The van der Waals surface area contributed by atoms with E-state index in [9.17, 15) is 9.90 Å². The van der Waals surface area contributed by atoms with Gasteiger partial charge in [0.15, 0.2) is 0 Å². The van der Waals surface area contributed by atoms with Gasteiger partial charge in [0.05, 0.1) is 11.9 Å². The molecular formula is C13H19NO4. The predicted molar refractivity (Wildman–Crippen MR) is 65.4 cm³/mol. The molecule has 0 radical (unpaired) electrons. The van der Waals surface area contributed by atoms with Crippen molar-refractivity contribution in [3.63, 3.8) is 0 Å². The molecule has 2 heterocycles. The molecule has 1 aromatic rings. The second kappa shape index (κ2) is 5.12. The summed E-state index contributed by atoms with van der Waals surface area (Å²) in [6.07, 6.45) is 3.84. The first kappa shape index (κ1) is 13.1. The average molecular weight is 253 g/mol. The van der Waals surface area contributed by atoms with Crippen molar-refractivity contribution in [2.24, 2.45) is 0 Å². The topological polar surface area (TPSA) is 73.9 Å². The number of hydrogen-bond donors (Lipinski definition) is 2. The Bertz CT molecular complexity index is 424. The molecule has 0 amide bonds. The normalized spacial score (nSPS) is 25.9. The van der Waals surface area contributed by atoms with Crippen LogP contribution in [0.2, 0.25) is 0 Å². The van der Waals surface area contributed by atoms with E-state index in [0.29, 0.717) is 18.5 Å². The smallest absolute Gasteiger partial charge is 0.372 e. The maximum atomic E-state index is 10.9. The number of furan rings is 1. The van der Waals surface area contributed by atoms with Gasteiger partial charge in [-0.05, 0) is 38.8 Å². The summed E-state index contributed by atoms with van der Waals surface area (Å²) in [5.74, 6) is -1.01. The van der Waals surface area contributed by atoms with E-state index in [1.165, 1.54) is 6.26 Å². The Morgan fingerprint density at radius 1 is 1.50 bits per heavy atom. The molecular weight excluding hydrogens is 234 g/mol. The molecule has 1 unspecified atom stereocenters. The van der Waals surface area contributed by atoms with Crippen LogP contribution in [-0.4, -0.2) is 39.8 Å². The highest BCUT2D eigenvalue weighted by Crippen LogP contribution is 2.23. The van der Waals surface area contributed by atoms with Crippen molar-refractivity contribution in [2.75, 3.05) is 13.1 Å². The van der Waals surface area contributed by atoms with E-state index in [1.54, 1.807) is 6.07 Å². The zero-order valence-corrected chi connectivity index (χ0v) is 10.6. The van der Waals surface area contributed by atoms with E-state index in [1.807, 2.05) is 6.92 Å². The molecule has 18 heavy (non-hydrogen) atoms. The van der Waals surface area contributed by atoms with Gasteiger partial charge in [-0.15, -0.1) is 0 Å². The largest absolute Gasteiger partial charge is 0.475 e. The Hall–Kier alpha value is -1.33. The van der Waals surface area contributed by atoms with Crippen molar-refractivity contribution in [2.45, 2.75) is 38.3 Å². The molecule has 1 aliphatic rings. The molecule has 2 N–H and O–H groups in total. The van der Waals surface area contributed by atoms with Gasteiger partial charge in [0.2, 0.25) is 5.76 Å². The number of aliphatic hydroxyl groups is 1. The van der Waals surface area contributed by atoms with E-state index >= 15 is 0 Å². The van der Waals surface area contributed by atoms with Gasteiger partial charge in [-0.25, -0.2) is 4.79 Å². The average Bonchev–Trinajstić information content (AvgIpc) is 2.66. The maximum Gasteiger partial charge on any atom is 0.372 e. The molecule has 5 nitrogen and oxygen atoms in total. The van der Waals surface area contributed by atoms with E-state index in [2.05, 4.69) is 4.90 Å². The first-order valence-electron chi connectivity index (χ1n) is 6.22. The number of rotatable bonds is 3. The second-order valence-electron chi connectivity index (χ2n) is 5.21. The minimum atomic E-state index is -1.03. The molecule has 1 aromatic heterocycles. The molecule has 5 heteroatoms. The summed E-state index contributed by atoms with van der Waals surface area (Å²) in [6, 6.07) is 1.70. The lowest BCUT2D eigenvalue weighted by Crippen LogP contribution is -2.28. The molecule has 1 saturated heterocycles. The van der Waals surface area contributed by atoms with Gasteiger partial charge in [0.1, 0.15) is 0 Å². The van der Waals surface area contributed by atoms with Crippen molar-refractivity contribution < 1.29 is 19.4 Å². The number of carboxylic acids is 1. The molecule has 1 fully saturated rings. The van der Waals surface area contributed by atoms with Crippen LogP contribution in [0.5, 0.6) is 0 Å². The van der Waals surface area contributed by atoms with Crippen molar-refractivity contribution in [3.05, 3.63) is 23.7 Å². The molecule has 1 atom stereocenters. The van der Waals surface area contributed by atoms with E-state index in [4.69, 9.17) is 9.52 Å². The van der Waals surface area contributed by atoms with Gasteiger partial charge in [0, 0.05) is 18.7 Å². The van der Waals surface area contributed by atoms with Crippen LogP contribution in [0.3, 0.4) is 0 Å². The lowest BCUT2D eigenvalue weighted by atomic mass is 9.98. The van der Waals surface area contributed by atoms with Gasteiger partial charge in [-0.2, -0.15) is 0 Å². The van der Waals surface area contributed by atoms with Crippen LogP contribution in [0, 0.1) is 0 Å². The highest BCUT2D eigenvalue weighted by atomic mass is 16.4. The highest BCUT2D eigenvalue weighted by molar-refractivity contribution is 5.86. The summed E-state index contributed by atoms with van der Waals surface area (Å²) in [5, 5.41) is 19.0. The summed E-state index contributed by atoms with van der Waals surface area (Å²) in [6.45, 7) is 4.07. The van der Waals surface area contributed by atoms with Crippen molar-refractivity contribution >= 4 is 5.97 Å². The Kier molecular flexibility index (Phi) is 3.73. The van der Waals surface area contributed by atoms with Gasteiger partial charge in [-0.3, -0.25) is 4.90 Å². The zero-order chi connectivity index (χ0) is 13.2. The van der Waals surface area contributed by atoms with E-state index < -0.39 is 11.6 Å². The Balaban J connectivity index is 2.01. The summed E-state index contributed by atoms with van der Waals surface area (Å²) in [4.78, 5) is 13.1. The summed E-state index contributed by atoms with van der Waals surface area (Å²) in [7, 11) is 0. The van der Waals surface area contributed by atoms with Gasteiger partial charge < -0.3 is 14.6 Å². The van der Waals surface area contributed by atoms with Crippen LogP contribution >= 0.6 is 0 Å². The third kappa shape index (κ3) is 3.11. The van der Waals surface area contributed by atoms with Crippen LogP contribution in [0.4, 0.5) is 0 Å². The SMILES string of the molecule is CC1(O)CCCN(Cc2ccoc2C(=O)O)CC1. The monoisotopic (exact) mass is 253 g/mol. The number of likely N-dealkylation sites (tertiary alicyclic amines) is 1. The van der Waals surface area contributed by atoms with Crippen molar-refractivity contribution in [1.82, 2.24) is 4.90 Å². The standard InChI is InChI=1S/C13H19NO4/c1-13(17)4-2-6-14(7-5-13)9-10-3-8-18-11(10)12(15)16/h3,8,17H,2,4-7,9H2,1H3,(H,15,16). The zero-order valence-electron chi connectivity index (χ0n) is 10.6. The molecule has 0 aliphatic carbocycles. The Morgan fingerprint density at radius 3 is 3.00 bits per heavy atom. The maximum absolute atomic E-state index is 10.9. The molecule has 1 aliphatic heterocycles. The number of aromatic carboxylic acids is 1. The first-order chi connectivity index (χ1) is 8.48. The van der Waals surface area contributed by atoms with Gasteiger partial charge in [-0.1, -0.05) is 0 Å². The molecule has 0 spiro atoms. The van der Waals surface area contributed by atoms with Crippen LogP contribution in [0.25, 0.3) is 0 Å². The number of carbonyl (C=O) groups is 1. The third-order valence-electron chi connectivity index (χ3n) is 3.49. The minimum Gasteiger partial charge on any atom is -0.475 e. The number of hydrogen-bond acceptors (Lipinski definition) is 4. The van der Waals surface area contributed by atoms with Crippen molar-refractivity contribution in [3.8, 4) is 0 Å². The Labute approximate surface area is 106 Å². The minimum absolute atomic E-state index is 0.0195. The predicted octanol–water partition coefficient (Wildman–Crippen LogP) is 1.71. The summed E-state index contributed by atoms with van der Waals surface area (Å²) < 4.78 is 4.96. The number of carboxylic acid groups (broad SMARTS) is 1. The van der Waals surface area contributed by atoms with Gasteiger partial charge >= 0.3 is 5.97 Å². The highest BCUT2D eigenvalue weighted by Gasteiger charge is 2.26. The van der Waals surface area contributed by atoms with E-state index in [-0.39, 0.29) is 5.76 Å². The summed E-state index contributed by atoms with van der Waals surface area (Å²) >= 11 is 0. The first-order valence-corrected chi connectivity index (χ1v) is 6.22. The lowest BCUT2D eigenvalue weighted by molar-refractivity contribution is 0.0443. The molecule has 2 rings (SSSR count). The third-order valence-corrected chi connectivity index (χ3v) is 3.49. The van der Waals surface area contributed by atoms with Crippen molar-refractivity contribution in [1.29, 1.82) is 0 Å². The Morgan fingerprint density at radius 2 is 2.28 bits per heavy atom. The van der Waals surface area contributed by atoms with Crippen LogP contribution < -0.4 is 0 Å². The summed E-state index contributed by atoms with van der Waals surface area (Å²) in [5.41, 5.74) is 0.102. The van der Waals surface area contributed by atoms with Crippen LogP contribution in [-0.2, 0) is 6.54 Å².